The van der Waals surface area contributed by atoms with Crippen molar-refractivity contribution in [2.75, 3.05) is 12.8 Å². The number of guanidine groups is 1. The molecular weight excluding hydrogens is 230 g/mol. The highest BCUT2D eigenvalue weighted by Crippen LogP contribution is 2.19. The minimum absolute atomic E-state index is 0.399. The van der Waals surface area contributed by atoms with Crippen LogP contribution in [0, 0.1) is 0 Å². The van der Waals surface area contributed by atoms with Gasteiger partial charge in [-0.1, -0.05) is 29.2 Å². The van der Waals surface area contributed by atoms with Crippen molar-refractivity contribution in [3.8, 4) is 0 Å². The number of hydrogen-bond donors (Lipinski definition) is 2. The number of aromatic nitrogens is 2. The number of rotatable bonds is 5. The molecule has 0 bridgehead atoms. The predicted molar refractivity (Wildman–Crippen MR) is 65.2 cm³/mol. The van der Waals surface area contributed by atoms with E-state index >= 15 is 0 Å². The largest absolute Gasteiger partial charge is 0.370 e. The van der Waals surface area contributed by atoms with Gasteiger partial charge in [-0.3, -0.25) is 0 Å². The molecule has 3 N–H and O–H groups in total. The van der Waals surface area contributed by atoms with Gasteiger partial charge in [-0.05, 0) is 6.26 Å². The highest BCUT2D eigenvalue weighted by Gasteiger charge is 2.01. The Morgan fingerprint density at radius 2 is 2.53 bits per heavy atom. The van der Waals surface area contributed by atoms with Gasteiger partial charge in [0.05, 0.1) is 6.54 Å². The zero-order chi connectivity index (χ0) is 11.1. The van der Waals surface area contributed by atoms with E-state index in [2.05, 4.69) is 27.1 Å². The third kappa shape index (κ3) is 4.30. The van der Waals surface area contributed by atoms with Gasteiger partial charge in [0.15, 0.2) is 10.3 Å². The molecule has 0 fully saturated rings. The Balaban J connectivity index is 2.44. The van der Waals surface area contributed by atoms with Crippen molar-refractivity contribution in [1.29, 1.82) is 0 Å². The molecule has 0 saturated carbocycles. The molecule has 1 aromatic heterocycles. The number of nitrogens with zero attached hydrogens (tertiary/aromatic N) is 3. The molecule has 1 heterocycles. The Labute approximate surface area is 96.9 Å². The molecule has 1 aromatic rings. The molecule has 7 heteroatoms. The molecule has 15 heavy (non-hydrogen) atoms. The van der Waals surface area contributed by atoms with Gasteiger partial charge in [0.2, 0.25) is 0 Å². The topological polar surface area (TPSA) is 76.2 Å². The van der Waals surface area contributed by atoms with E-state index < -0.39 is 0 Å². The lowest BCUT2D eigenvalue weighted by molar-refractivity contribution is 0.910. The molecule has 0 aliphatic heterocycles. The van der Waals surface area contributed by atoms with E-state index in [0.717, 1.165) is 9.35 Å². The van der Waals surface area contributed by atoms with Gasteiger partial charge in [-0.15, -0.1) is 16.8 Å². The molecular formula is C8H13N5S2. The molecule has 0 unspecified atom stereocenters. The van der Waals surface area contributed by atoms with E-state index in [1.807, 2.05) is 6.26 Å². The van der Waals surface area contributed by atoms with Crippen LogP contribution in [-0.2, 0) is 6.54 Å². The second-order valence-corrected chi connectivity index (χ2v) is 4.65. The molecule has 0 spiro atoms. The van der Waals surface area contributed by atoms with Gasteiger partial charge >= 0.3 is 0 Å². The van der Waals surface area contributed by atoms with Crippen LogP contribution in [0.4, 0.5) is 0 Å². The van der Waals surface area contributed by atoms with Crippen LogP contribution in [0.3, 0.4) is 0 Å². The van der Waals surface area contributed by atoms with E-state index in [9.17, 15) is 0 Å². The molecule has 0 radical (unpaired) electrons. The lowest BCUT2D eigenvalue weighted by atomic mass is 10.6. The van der Waals surface area contributed by atoms with Crippen molar-refractivity contribution in [2.45, 2.75) is 10.9 Å². The lowest BCUT2D eigenvalue weighted by Gasteiger charge is -1.99. The van der Waals surface area contributed by atoms with Crippen LogP contribution in [0.5, 0.6) is 0 Å². The number of hydrogen-bond acceptors (Lipinski definition) is 5. The maximum absolute atomic E-state index is 5.59. The number of aliphatic imine (C=N–C) groups is 1. The van der Waals surface area contributed by atoms with Gasteiger partial charge in [0.1, 0.15) is 5.01 Å². The quantitative estimate of drug-likeness (QED) is 0.347. The maximum Gasteiger partial charge on any atom is 0.189 e. The minimum Gasteiger partial charge on any atom is -0.370 e. The highest BCUT2D eigenvalue weighted by molar-refractivity contribution is 8.00. The van der Waals surface area contributed by atoms with E-state index in [4.69, 9.17) is 5.73 Å². The van der Waals surface area contributed by atoms with Crippen LogP contribution in [0.2, 0.25) is 0 Å². The number of nitrogens with one attached hydrogen (secondary N) is 1. The van der Waals surface area contributed by atoms with Crippen molar-refractivity contribution >= 4 is 29.1 Å². The molecule has 1 rings (SSSR count). The summed E-state index contributed by atoms with van der Waals surface area (Å²) in [6.07, 6.45) is 3.69. The molecule has 0 amide bonds. The molecule has 0 aromatic carbocycles. The van der Waals surface area contributed by atoms with Crippen molar-refractivity contribution in [3.05, 3.63) is 17.7 Å². The Hall–Kier alpha value is -1.08. The summed E-state index contributed by atoms with van der Waals surface area (Å²) in [5, 5.41) is 11.7. The first kappa shape index (κ1) is 12.0. The van der Waals surface area contributed by atoms with Gasteiger partial charge in [-0.25, -0.2) is 4.99 Å². The van der Waals surface area contributed by atoms with Gasteiger partial charge in [0.25, 0.3) is 0 Å². The first-order valence-corrected chi connectivity index (χ1v) is 6.31. The molecule has 5 nitrogen and oxygen atoms in total. The van der Waals surface area contributed by atoms with Crippen LogP contribution >= 0.6 is 23.1 Å². The Morgan fingerprint density at radius 3 is 3.13 bits per heavy atom. The zero-order valence-corrected chi connectivity index (χ0v) is 10.1. The first-order chi connectivity index (χ1) is 7.26. The van der Waals surface area contributed by atoms with Crippen molar-refractivity contribution < 1.29 is 0 Å². The second kappa shape index (κ2) is 6.41. The van der Waals surface area contributed by atoms with Crippen molar-refractivity contribution in [1.82, 2.24) is 15.5 Å². The predicted octanol–water partition coefficient (Wildman–Crippen LogP) is 0.850. The fourth-order valence-corrected chi connectivity index (χ4v) is 2.01. The van der Waals surface area contributed by atoms with Crippen LogP contribution in [0.15, 0.2) is 22.0 Å². The van der Waals surface area contributed by atoms with Crippen LogP contribution < -0.4 is 11.1 Å². The summed E-state index contributed by atoms with van der Waals surface area (Å²) in [6, 6.07) is 0. The van der Waals surface area contributed by atoms with E-state index in [1.54, 1.807) is 17.8 Å². The SMILES string of the molecule is C=CCNC(N)=NCc1nnc(SC)s1. The Bertz CT molecular complexity index is 347. The Morgan fingerprint density at radius 1 is 1.73 bits per heavy atom. The molecule has 0 aliphatic rings. The number of thioether (sulfide) groups is 1. The fraction of sp³-hybridized carbons (Fsp3) is 0.375. The van der Waals surface area contributed by atoms with Crippen LogP contribution in [-0.4, -0.2) is 29.0 Å². The average Bonchev–Trinajstić information content (AvgIpc) is 2.71. The normalized spacial score (nSPS) is 11.4. The smallest absolute Gasteiger partial charge is 0.189 e. The monoisotopic (exact) mass is 243 g/mol. The molecule has 0 aliphatic carbocycles. The standard InChI is InChI=1S/C8H13N5S2/c1-3-4-10-7(9)11-5-6-12-13-8(14-2)15-6/h3H,1,4-5H2,2H3,(H3,9,10,11). The van der Waals surface area contributed by atoms with Crippen LogP contribution in [0.25, 0.3) is 0 Å². The van der Waals surface area contributed by atoms with Gasteiger partial charge < -0.3 is 11.1 Å². The van der Waals surface area contributed by atoms with Crippen molar-refractivity contribution in [3.63, 3.8) is 0 Å². The number of nitrogens with two attached hydrogens (primary N) is 1. The molecule has 82 valence electrons. The third-order valence-electron chi connectivity index (χ3n) is 1.44. The van der Waals surface area contributed by atoms with E-state index in [-0.39, 0.29) is 0 Å². The molecule has 0 saturated heterocycles. The zero-order valence-electron chi connectivity index (χ0n) is 8.43. The summed E-state index contributed by atoms with van der Waals surface area (Å²) in [7, 11) is 0. The summed E-state index contributed by atoms with van der Waals surface area (Å²) in [5.41, 5.74) is 5.59. The summed E-state index contributed by atoms with van der Waals surface area (Å²) < 4.78 is 0.942. The lowest BCUT2D eigenvalue weighted by Crippen LogP contribution is -2.31. The van der Waals surface area contributed by atoms with Crippen LogP contribution in [0.1, 0.15) is 5.01 Å². The summed E-state index contributed by atoms with van der Waals surface area (Å²) >= 11 is 3.10. The second-order valence-electron chi connectivity index (χ2n) is 2.54. The van der Waals surface area contributed by atoms with Crippen molar-refractivity contribution in [2.24, 2.45) is 10.7 Å². The van der Waals surface area contributed by atoms with Gasteiger partial charge in [0, 0.05) is 6.54 Å². The first-order valence-electron chi connectivity index (χ1n) is 4.27. The summed E-state index contributed by atoms with van der Waals surface area (Å²) in [5.74, 6) is 0.399. The molecule has 0 atom stereocenters. The fourth-order valence-electron chi connectivity index (χ4n) is 0.770. The van der Waals surface area contributed by atoms with Gasteiger partial charge in [-0.2, -0.15) is 0 Å². The highest BCUT2D eigenvalue weighted by atomic mass is 32.2. The minimum atomic E-state index is 0.399. The van der Waals surface area contributed by atoms with E-state index in [0.29, 0.717) is 19.0 Å². The summed E-state index contributed by atoms with van der Waals surface area (Å²) in [4.78, 5) is 4.11. The maximum atomic E-state index is 5.59. The van der Waals surface area contributed by atoms with E-state index in [1.165, 1.54) is 11.3 Å². The average molecular weight is 243 g/mol. The third-order valence-corrected chi connectivity index (χ3v) is 3.32. The Kier molecular flexibility index (Phi) is 5.13. The summed E-state index contributed by atoms with van der Waals surface area (Å²) in [6.45, 7) is 4.65.